The van der Waals surface area contributed by atoms with Gasteiger partial charge in [-0.1, -0.05) is 37.3 Å². The van der Waals surface area contributed by atoms with E-state index in [0.29, 0.717) is 12.1 Å². The number of allylic oxidation sites excluding steroid dienone is 1. The van der Waals surface area contributed by atoms with Crippen LogP contribution in [0.1, 0.15) is 36.5 Å². The largest absolute Gasteiger partial charge is 0.294 e. The number of rotatable bonds is 6. The van der Waals surface area contributed by atoms with E-state index >= 15 is 0 Å². The first-order chi connectivity index (χ1) is 9.16. The van der Waals surface area contributed by atoms with Gasteiger partial charge in [0.2, 0.25) is 0 Å². The third-order valence-corrected chi connectivity index (χ3v) is 3.14. The number of carbonyl (C=O) groups excluding carboxylic acids is 2. The van der Waals surface area contributed by atoms with E-state index in [1.165, 1.54) is 6.08 Å². The number of carbonyl (C=O) groups is 2. The van der Waals surface area contributed by atoms with Crippen molar-refractivity contribution >= 4 is 11.7 Å². The van der Waals surface area contributed by atoms with Gasteiger partial charge < -0.3 is 0 Å². The van der Waals surface area contributed by atoms with Crippen molar-refractivity contribution in [2.24, 2.45) is 16.1 Å². The highest BCUT2D eigenvalue weighted by Gasteiger charge is 2.15. The van der Waals surface area contributed by atoms with Crippen molar-refractivity contribution < 1.29 is 9.59 Å². The molecule has 1 aromatic rings. The summed E-state index contributed by atoms with van der Waals surface area (Å²) in [4.78, 5) is 23.0. The fraction of sp³-hybridized carbons (Fsp3) is 0.333. The van der Waals surface area contributed by atoms with Gasteiger partial charge in [-0.25, -0.2) is 0 Å². The summed E-state index contributed by atoms with van der Waals surface area (Å²) >= 11 is 0. The van der Waals surface area contributed by atoms with E-state index in [4.69, 9.17) is 0 Å². The summed E-state index contributed by atoms with van der Waals surface area (Å²) in [6, 6.07) is 9.32. The third kappa shape index (κ3) is 3.68. The van der Waals surface area contributed by atoms with Crippen LogP contribution in [0.4, 0.5) is 0 Å². The molecule has 0 radical (unpaired) electrons. The van der Waals surface area contributed by atoms with Crippen molar-refractivity contribution in [3.05, 3.63) is 47.7 Å². The van der Waals surface area contributed by atoms with Crippen LogP contribution >= 0.6 is 0 Å². The van der Waals surface area contributed by atoms with Crippen LogP contribution in [0, 0.1) is 5.92 Å². The van der Waals surface area contributed by atoms with Gasteiger partial charge in [-0.3, -0.25) is 9.59 Å². The molecule has 4 heteroatoms. The highest BCUT2D eigenvalue weighted by molar-refractivity contribution is 5.97. The van der Waals surface area contributed by atoms with Gasteiger partial charge >= 0.3 is 0 Å². The lowest BCUT2D eigenvalue weighted by atomic mass is 9.94. The zero-order chi connectivity index (χ0) is 13.7. The van der Waals surface area contributed by atoms with Crippen LogP contribution in [0.3, 0.4) is 0 Å². The number of hydrogen-bond acceptors (Lipinski definition) is 3. The van der Waals surface area contributed by atoms with Crippen molar-refractivity contribution in [2.75, 3.05) is 0 Å². The maximum absolute atomic E-state index is 12.1. The van der Waals surface area contributed by atoms with Crippen LogP contribution in [-0.4, -0.2) is 11.7 Å². The van der Waals surface area contributed by atoms with Crippen LogP contribution in [0.5, 0.6) is 0 Å². The zero-order valence-electron chi connectivity index (χ0n) is 10.9. The predicted molar refractivity (Wildman–Crippen MR) is 71.7 cm³/mol. The normalized spacial score (nSPS) is 15.4. The van der Waals surface area contributed by atoms with Crippen molar-refractivity contribution in [3.63, 3.8) is 0 Å². The molecule has 19 heavy (non-hydrogen) atoms. The van der Waals surface area contributed by atoms with Gasteiger partial charge in [-0.05, 0) is 19.3 Å². The van der Waals surface area contributed by atoms with Gasteiger partial charge in [-0.15, -0.1) is 5.11 Å². The van der Waals surface area contributed by atoms with Gasteiger partial charge in [0.1, 0.15) is 0 Å². The van der Waals surface area contributed by atoms with Crippen molar-refractivity contribution in [2.45, 2.75) is 26.2 Å². The minimum absolute atomic E-state index is 0.0166. The Labute approximate surface area is 112 Å². The molecule has 1 heterocycles. The number of azo groups is 1. The van der Waals surface area contributed by atoms with Crippen LogP contribution in [-0.2, 0) is 4.79 Å². The Morgan fingerprint density at radius 2 is 1.95 bits per heavy atom. The van der Waals surface area contributed by atoms with E-state index < -0.39 is 0 Å². The first-order valence-electron chi connectivity index (χ1n) is 6.42. The molecule has 2 rings (SSSR count). The molecule has 0 saturated carbocycles. The molecular weight excluding hydrogens is 240 g/mol. The molecule has 1 aliphatic heterocycles. The Morgan fingerprint density at radius 1 is 1.21 bits per heavy atom. The summed E-state index contributed by atoms with van der Waals surface area (Å²) in [5, 5.41) is 7.19. The molecule has 1 aliphatic rings. The molecule has 0 fully saturated rings. The van der Waals surface area contributed by atoms with Gasteiger partial charge in [-0.2, -0.15) is 5.11 Å². The lowest BCUT2D eigenvalue weighted by molar-refractivity contribution is -0.113. The first-order valence-corrected chi connectivity index (χ1v) is 6.42. The second-order valence-electron chi connectivity index (χ2n) is 4.70. The van der Waals surface area contributed by atoms with Crippen LogP contribution in [0.25, 0.3) is 0 Å². The van der Waals surface area contributed by atoms with Crippen LogP contribution in [0.2, 0.25) is 0 Å². The van der Waals surface area contributed by atoms with Gasteiger partial charge in [0.05, 0.1) is 5.70 Å². The summed E-state index contributed by atoms with van der Waals surface area (Å²) in [6.45, 7) is 1.94. The number of Topliss-reactive ketones (excluding diaryl/α,β-unsaturated/α-hetero) is 1. The molecule has 4 nitrogen and oxygen atoms in total. The maximum Gasteiger partial charge on any atom is 0.290 e. The number of ketones is 1. The standard InChI is InChI=1S/C15H16N2O2/c1-11(15(19)12-7-3-2-4-8-12)6-5-9-13-10-14(18)17-16-13/h2-4,7-8,10-11H,5-6,9H2,1H3. The first kappa shape index (κ1) is 13.3. The van der Waals surface area contributed by atoms with E-state index in [-0.39, 0.29) is 17.6 Å². The fourth-order valence-corrected chi connectivity index (χ4v) is 2.04. The molecule has 1 amide bonds. The van der Waals surface area contributed by atoms with Crippen molar-refractivity contribution in [1.29, 1.82) is 0 Å². The Balaban J connectivity index is 1.80. The quantitative estimate of drug-likeness (QED) is 0.731. The Kier molecular flexibility index (Phi) is 4.34. The minimum atomic E-state index is -0.289. The summed E-state index contributed by atoms with van der Waals surface area (Å²) in [7, 11) is 0. The lowest BCUT2D eigenvalue weighted by Crippen LogP contribution is -2.11. The molecule has 0 spiro atoms. The lowest BCUT2D eigenvalue weighted by Gasteiger charge is -2.09. The average Bonchev–Trinajstić information content (AvgIpc) is 2.84. The van der Waals surface area contributed by atoms with Gasteiger partial charge in [0.25, 0.3) is 5.91 Å². The second kappa shape index (κ2) is 6.18. The van der Waals surface area contributed by atoms with E-state index in [1.807, 2.05) is 37.3 Å². The van der Waals surface area contributed by atoms with Gasteiger partial charge in [0, 0.05) is 17.6 Å². The predicted octanol–water partition coefficient (Wildman–Crippen LogP) is 3.55. The Morgan fingerprint density at radius 3 is 2.58 bits per heavy atom. The Bertz CT molecular complexity index is 532. The number of benzene rings is 1. The maximum atomic E-state index is 12.1. The molecule has 1 unspecified atom stereocenters. The highest BCUT2D eigenvalue weighted by Crippen LogP contribution is 2.19. The summed E-state index contributed by atoms with van der Waals surface area (Å²) in [5.41, 5.74) is 1.47. The smallest absolute Gasteiger partial charge is 0.290 e. The molecule has 0 N–H and O–H groups in total. The van der Waals surface area contributed by atoms with E-state index in [2.05, 4.69) is 10.2 Å². The van der Waals surface area contributed by atoms with E-state index in [9.17, 15) is 9.59 Å². The molecule has 1 atom stereocenters. The minimum Gasteiger partial charge on any atom is -0.294 e. The second-order valence-corrected chi connectivity index (χ2v) is 4.70. The summed E-state index contributed by atoms with van der Waals surface area (Å²) in [5.74, 6) is -0.140. The molecule has 98 valence electrons. The molecule has 1 aromatic carbocycles. The fourth-order valence-electron chi connectivity index (χ4n) is 2.04. The molecule has 0 aliphatic carbocycles. The average molecular weight is 256 g/mol. The zero-order valence-corrected chi connectivity index (χ0v) is 10.9. The molecule has 0 aromatic heterocycles. The number of amides is 1. The van der Waals surface area contributed by atoms with E-state index in [1.54, 1.807) is 0 Å². The van der Waals surface area contributed by atoms with Crippen molar-refractivity contribution in [1.82, 2.24) is 0 Å². The third-order valence-electron chi connectivity index (χ3n) is 3.14. The topological polar surface area (TPSA) is 58.9 Å². The van der Waals surface area contributed by atoms with Crippen LogP contribution < -0.4 is 0 Å². The molecule has 0 saturated heterocycles. The molecular formula is C15H16N2O2. The number of nitrogens with zero attached hydrogens (tertiary/aromatic N) is 2. The monoisotopic (exact) mass is 256 g/mol. The highest BCUT2D eigenvalue weighted by atomic mass is 16.1. The number of hydrogen-bond donors (Lipinski definition) is 0. The SMILES string of the molecule is CC(CCCC1=CC(=O)N=N1)C(=O)c1ccccc1. The molecule has 0 bridgehead atoms. The summed E-state index contributed by atoms with van der Waals surface area (Å²) < 4.78 is 0. The van der Waals surface area contributed by atoms with Crippen LogP contribution in [0.15, 0.2) is 52.3 Å². The Hall–Kier alpha value is -2.10. The van der Waals surface area contributed by atoms with E-state index in [0.717, 1.165) is 18.4 Å². The van der Waals surface area contributed by atoms with Gasteiger partial charge in [0.15, 0.2) is 5.78 Å². The summed E-state index contributed by atoms with van der Waals surface area (Å²) in [6.07, 6.45) is 3.76. The van der Waals surface area contributed by atoms with Crippen molar-refractivity contribution in [3.8, 4) is 0 Å².